The first-order valence-electron chi connectivity index (χ1n) is 6.32. The summed E-state index contributed by atoms with van der Waals surface area (Å²) in [6.07, 6.45) is 5.00. The number of nitrogens with two attached hydrogens (primary N) is 1. The molecule has 1 unspecified atom stereocenters. The largest absolute Gasteiger partial charge is 0.384 e. The van der Waals surface area contributed by atoms with Gasteiger partial charge in [0.25, 0.3) is 0 Å². The van der Waals surface area contributed by atoms with Gasteiger partial charge in [0.1, 0.15) is 17.5 Å². The highest BCUT2D eigenvalue weighted by Gasteiger charge is 2.27. The van der Waals surface area contributed by atoms with Gasteiger partial charge in [-0.2, -0.15) is 0 Å². The Morgan fingerprint density at radius 1 is 1.41 bits per heavy atom. The van der Waals surface area contributed by atoms with E-state index in [1.807, 2.05) is 13.0 Å². The maximum Gasteiger partial charge on any atom is 0.132 e. The lowest BCUT2D eigenvalue weighted by atomic mass is 9.75. The first-order valence-corrected chi connectivity index (χ1v) is 6.32. The summed E-state index contributed by atoms with van der Waals surface area (Å²) in [5.74, 6) is 2.12. The number of hydrogen-bond acceptors (Lipinski definition) is 4. The van der Waals surface area contributed by atoms with Crippen LogP contribution in [-0.2, 0) is 0 Å². The second-order valence-corrected chi connectivity index (χ2v) is 5.83. The Morgan fingerprint density at radius 3 is 2.82 bits per heavy atom. The van der Waals surface area contributed by atoms with Gasteiger partial charge in [-0.1, -0.05) is 20.3 Å². The highest BCUT2D eigenvalue weighted by atomic mass is 15.1. The van der Waals surface area contributed by atoms with Crippen LogP contribution in [0.3, 0.4) is 0 Å². The quantitative estimate of drug-likeness (QED) is 0.826. The van der Waals surface area contributed by atoms with Gasteiger partial charge in [-0.25, -0.2) is 9.97 Å². The number of nitrogens with one attached hydrogen (secondary N) is 1. The van der Waals surface area contributed by atoms with Crippen LogP contribution in [0.25, 0.3) is 0 Å². The lowest BCUT2D eigenvalue weighted by molar-refractivity contribution is 0.229. The molecule has 1 aromatic rings. The van der Waals surface area contributed by atoms with E-state index in [0.29, 0.717) is 17.3 Å². The van der Waals surface area contributed by atoms with Crippen molar-refractivity contribution in [3.8, 4) is 0 Å². The molecule has 2 rings (SSSR count). The van der Waals surface area contributed by atoms with E-state index < -0.39 is 0 Å². The lowest BCUT2D eigenvalue weighted by Gasteiger charge is -2.35. The van der Waals surface area contributed by atoms with Gasteiger partial charge in [-0.15, -0.1) is 0 Å². The molecule has 1 aliphatic rings. The van der Waals surface area contributed by atoms with E-state index in [4.69, 9.17) is 5.73 Å². The molecule has 4 nitrogen and oxygen atoms in total. The van der Waals surface area contributed by atoms with E-state index in [9.17, 15) is 0 Å². The van der Waals surface area contributed by atoms with Crippen LogP contribution >= 0.6 is 0 Å². The Kier molecular flexibility index (Phi) is 3.22. The first kappa shape index (κ1) is 12.1. The normalized spacial score (nSPS) is 23.4. The van der Waals surface area contributed by atoms with Crippen molar-refractivity contribution in [3.63, 3.8) is 0 Å². The molecule has 0 radical (unpaired) electrons. The topological polar surface area (TPSA) is 63.8 Å². The van der Waals surface area contributed by atoms with Gasteiger partial charge in [0, 0.05) is 12.1 Å². The zero-order valence-corrected chi connectivity index (χ0v) is 11.0. The molecule has 1 aliphatic carbocycles. The number of hydrogen-bond donors (Lipinski definition) is 2. The third kappa shape index (κ3) is 3.32. The molecule has 1 aromatic heterocycles. The Labute approximate surface area is 103 Å². The van der Waals surface area contributed by atoms with Gasteiger partial charge in [-0.05, 0) is 31.6 Å². The zero-order valence-electron chi connectivity index (χ0n) is 11.0. The molecule has 17 heavy (non-hydrogen) atoms. The summed E-state index contributed by atoms with van der Waals surface area (Å²) in [5, 5.41) is 3.49. The van der Waals surface area contributed by atoms with Crippen molar-refractivity contribution in [2.24, 2.45) is 5.41 Å². The van der Waals surface area contributed by atoms with Crippen molar-refractivity contribution in [2.75, 3.05) is 11.1 Å². The molecule has 0 spiro atoms. The minimum atomic E-state index is 0.434. The maximum atomic E-state index is 5.73. The van der Waals surface area contributed by atoms with Crippen LogP contribution in [0.5, 0.6) is 0 Å². The number of nitrogens with zero attached hydrogens (tertiary/aromatic N) is 2. The van der Waals surface area contributed by atoms with E-state index in [1.165, 1.54) is 25.7 Å². The van der Waals surface area contributed by atoms with Crippen LogP contribution in [0.1, 0.15) is 45.4 Å². The summed E-state index contributed by atoms with van der Waals surface area (Å²) in [6.45, 7) is 6.53. The predicted molar refractivity (Wildman–Crippen MR) is 70.8 cm³/mol. The maximum absolute atomic E-state index is 5.73. The van der Waals surface area contributed by atoms with Gasteiger partial charge in [0.15, 0.2) is 0 Å². The molecule has 1 heterocycles. The molecule has 0 bridgehead atoms. The smallest absolute Gasteiger partial charge is 0.132 e. The molecular weight excluding hydrogens is 212 g/mol. The third-order valence-electron chi connectivity index (χ3n) is 3.41. The van der Waals surface area contributed by atoms with Gasteiger partial charge in [0.2, 0.25) is 0 Å². The highest BCUT2D eigenvalue weighted by molar-refractivity contribution is 5.45. The molecule has 1 atom stereocenters. The number of aromatic nitrogens is 2. The lowest BCUT2D eigenvalue weighted by Crippen LogP contribution is -2.32. The Balaban J connectivity index is 2.05. The van der Waals surface area contributed by atoms with Crippen LogP contribution in [0.15, 0.2) is 6.07 Å². The number of nitrogen functional groups attached to an aromatic ring is 1. The molecular formula is C13H22N4. The summed E-state index contributed by atoms with van der Waals surface area (Å²) < 4.78 is 0. The standard InChI is InChI=1S/C13H22N4/c1-9-15-11(14)7-12(16-9)17-10-5-4-6-13(2,3)8-10/h7,10H,4-6,8H2,1-3H3,(H3,14,15,16,17). The van der Waals surface area contributed by atoms with Gasteiger partial charge in [0.05, 0.1) is 0 Å². The van der Waals surface area contributed by atoms with Crippen LogP contribution in [0.2, 0.25) is 0 Å². The SMILES string of the molecule is Cc1nc(N)cc(NC2CCCC(C)(C)C2)n1. The fourth-order valence-electron chi connectivity index (χ4n) is 2.70. The Hall–Kier alpha value is -1.32. The van der Waals surface area contributed by atoms with Gasteiger partial charge >= 0.3 is 0 Å². The molecule has 0 amide bonds. The fraction of sp³-hybridized carbons (Fsp3) is 0.692. The average Bonchev–Trinajstić information content (AvgIpc) is 2.13. The minimum Gasteiger partial charge on any atom is -0.384 e. The molecule has 0 aromatic carbocycles. The number of aryl methyl sites for hydroxylation is 1. The van der Waals surface area contributed by atoms with Crippen LogP contribution in [0.4, 0.5) is 11.6 Å². The van der Waals surface area contributed by atoms with E-state index >= 15 is 0 Å². The second kappa shape index (κ2) is 4.51. The van der Waals surface area contributed by atoms with Crippen molar-refractivity contribution < 1.29 is 0 Å². The average molecular weight is 234 g/mol. The minimum absolute atomic E-state index is 0.434. The van der Waals surface area contributed by atoms with E-state index in [2.05, 4.69) is 29.1 Å². The van der Waals surface area contributed by atoms with Crippen LogP contribution in [0, 0.1) is 12.3 Å². The van der Waals surface area contributed by atoms with Gasteiger partial charge < -0.3 is 11.1 Å². The molecule has 94 valence electrons. The molecule has 4 heteroatoms. The summed E-state index contributed by atoms with van der Waals surface area (Å²) >= 11 is 0. The summed E-state index contributed by atoms with van der Waals surface area (Å²) in [4.78, 5) is 8.46. The van der Waals surface area contributed by atoms with Crippen molar-refractivity contribution in [1.29, 1.82) is 0 Å². The summed E-state index contributed by atoms with van der Waals surface area (Å²) in [6, 6.07) is 2.32. The van der Waals surface area contributed by atoms with Crippen molar-refractivity contribution in [2.45, 2.75) is 52.5 Å². The van der Waals surface area contributed by atoms with Crippen LogP contribution < -0.4 is 11.1 Å². The summed E-state index contributed by atoms with van der Waals surface area (Å²) in [7, 11) is 0. The predicted octanol–water partition coefficient (Wildman–Crippen LogP) is 2.75. The first-order chi connectivity index (χ1) is 7.94. The molecule has 3 N–H and O–H groups in total. The Morgan fingerprint density at radius 2 is 2.18 bits per heavy atom. The van der Waals surface area contributed by atoms with Crippen molar-refractivity contribution in [1.82, 2.24) is 9.97 Å². The van der Waals surface area contributed by atoms with Gasteiger partial charge in [-0.3, -0.25) is 0 Å². The monoisotopic (exact) mass is 234 g/mol. The molecule has 0 aliphatic heterocycles. The molecule has 0 saturated heterocycles. The van der Waals surface area contributed by atoms with E-state index in [-0.39, 0.29) is 0 Å². The second-order valence-electron chi connectivity index (χ2n) is 5.83. The number of anilines is 2. The zero-order chi connectivity index (χ0) is 12.5. The molecule has 1 saturated carbocycles. The van der Waals surface area contributed by atoms with Crippen molar-refractivity contribution >= 4 is 11.6 Å². The Bertz CT molecular complexity index is 380. The van der Waals surface area contributed by atoms with E-state index in [1.54, 1.807) is 0 Å². The highest BCUT2D eigenvalue weighted by Crippen LogP contribution is 2.36. The summed E-state index contributed by atoms with van der Waals surface area (Å²) in [5.41, 5.74) is 6.16. The fourth-order valence-corrected chi connectivity index (χ4v) is 2.70. The molecule has 1 fully saturated rings. The van der Waals surface area contributed by atoms with E-state index in [0.717, 1.165) is 11.6 Å². The van der Waals surface area contributed by atoms with Crippen molar-refractivity contribution in [3.05, 3.63) is 11.9 Å². The third-order valence-corrected chi connectivity index (χ3v) is 3.41. The number of rotatable bonds is 2. The van der Waals surface area contributed by atoms with Crippen LogP contribution in [-0.4, -0.2) is 16.0 Å².